The normalized spacial score (nSPS) is 20.0. The van der Waals surface area contributed by atoms with E-state index in [0.717, 1.165) is 32.8 Å². The van der Waals surface area contributed by atoms with Crippen molar-refractivity contribution in [3.63, 3.8) is 0 Å². The quantitative estimate of drug-likeness (QED) is 0.722. The molecule has 108 valence electrons. The number of nitrogens with zero attached hydrogens (tertiary/aromatic N) is 1. The van der Waals surface area contributed by atoms with Crippen LogP contribution in [0.1, 0.15) is 53.4 Å². The first-order valence-electron chi connectivity index (χ1n) is 7.69. The highest BCUT2D eigenvalue weighted by Gasteiger charge is 2.35. The van der Waals surface area contributed by atoms with E-state index in [0.29, 0.717) is 6.04 Å². The average molecular weight is 256 g/mol. The molecular weight excluding hydrogens is 224 g/mol. The van der Waals surface area contributed by atoms with Gasteiger partial charge in [-0.2, -0.15) is 0 Å². The summed E-state index contributed by atoms with van der Waals surface area (Å²) in [5.74, 6) is 0. The summed E-state index contributed by atoms with van der Waals surface area (Å²) in [5, 5.41) is 3.76. The minimum absolute atomic E-state index is 0.230. The van der Waals surface area contributed by atoms with Crippen molar-refractivity contribution in [1.82, 2.24) is 10.2 Å². The SMILES string of the molecule is CCCCC(NCCC)C(C)(C)N1CCOCC1. The lowest BCUT2D eigenvalue weighted by atomic mass is 9.88. The Bertz CT molecular complexity index is 205. The van der Waals surface area contributed by atoms with Gasteiger partial charge in [-0.25, -0.2) is 0 Å². The zero-order chi connectivity index (χ0) is 13.4. The van der Waals surface area contributed by atoms with Crippen LogP contribution in [0.5, 0.6) is 0 Å². The molecule has 1 unspecified atom stereocenters. The van der Waals surface area contributed by atoms with Gasteiger partial charge < -0.3 is 10.1 Å². The van der Waals surface area contributed by atoms with Crippen molar-refractivity contribution in [2.45, 2.75) is 65.0 Å². The van der Waals surface area contributed by atoms with Gasteiger partial charge in [-0.15, -0.1) is 0 Å². The van der Waals surface area contributed by atoms with Gasteiger partial charge in [0.25, 0.3) is 0 Å². The number of morpholine rings is 1. The molecule has 1 saturated heterocycles. The van der Waals surface area contributed by atoms with Crippen molar-refractivity contribution in [2.24, 2.45) is 0 Å². The minimum Gasteiger partial charge on any atom is -0.379 e. The van der Waals surface area contributed by atoms with E-state index in [1.54, 1.807) is 0 Å². The molecule has 0 spiro atoms. The highest BCUT2D eigenvalue weighted by Crippen LogP contribution is 2.24. The summed E-state index contributed by atoms with van der Waals surface area (Å²) in [6.07, 6.45) is 5.08. The van der Waals surface area contributed by atoms with Gasteiger partial charge in [-0.3, -0.25) is 4.90 Å². The number of hydrogen-bond acceptors (Lipinski definition) is 3. The summed E-state index contributed by atoms with van der Waals surface area (Å²) in [7, 11) is 0. The van der Waals surface area contributed by atoms with Gasteiger partial charge in [0.1, 0.15) is 0 Å². The summed E-state index contributed by atoms with van der Waals surface area (Å²) in [6, 6.07) is 0.593. The molecule has 1 N–H and O–H groups in total. The van der Waals surface area contributed by atoms with E-state index in [1.165, 1.54) is 25.7 Å². The second-order valence-corrected chi connectivity index (χ2v) is 5.90. The Labute approximate surface area is 113 Å². The Balaban J connectivity index is 2.60. The predicted octanol–water partition coefficient (Wildman–Crippen LogP) is 2.66. The van der Waals surface area contributed by atoms with Crippen LogP contribution >= 0.6 is 0 Å². The van der Waals surface area contributed by atoms with Gasteiger partial charge in [0.15, 0.2) is 0 Å². The third-order valence-corrected chi connectivity index (χ3v) is 4.17. The molecule has 1 aliphatic rings. The van der Waals surface area contributed by atoms with Gasteiger partial charge in [-0.05, 0) is 33.2 Å². The van der Waals surface area contributed by atoms with Crippen LogP contribution in [0.25, 0.3) is 0 Å². The van der Waals surface area contributed by atoms with Crippen LogP contribution in [0, 0.1) is 0 Å². The maximum atomic E-state index is 5.47. The Morgan fingerprint density at radius 2 is 1.83 bits per heavy atom. The zero-order valence-corrected chi connectivity index (χ0v) is 12.8. The molecule has 0 aliphatic carbocycles. The van der Waals surface area contributed by atoms with Gasteiger partial charge in [0.05, 0.1) is 13.2 Å². The van der Waals surface area contributed by atoms with Crippen LogP contribution < -0.4 is 5.32 Å². The second-order valence-electron chi connectivity index (χ2n) is 5.90. The van der Waals surface area contributed by atoms with E-state index >= 15 is 0 Å². The molecule has 18 heavy (non-hydrogen) atoms. The number of ether oxygens (including phenoxy) is 1. The van der Waals surface area contributed by atoms with E-state index in [-0.39, 0.29) is 5.54 Å². The second kappa shape index (κ2) is 8.13. The van der Waals surface area contributed by atoms with E-state index in [2.05, 4.69) is 37.9 Å². The molecule has 3 nitrogen and oxygen atoms in total. The van der Waals surface area contributed by atoms with Crippen molar-refractivity contribution in [3.8, 4) is 0 Å². The third-order valence-electron chi connectivity index (χ3n) is 4.17. The Hall–Kier alpha value is -0.120. The van der Waals surface area contributed by atoms with Crippen LogP contribution in [-0.2, 0) is 4.74 Å². The van der Waals surface area contributed by atoms with Crippen molar-refractivity contribution < 1.29 is 4.74 Å². The first-order valence-corrected chi connectivity index (χ1v) is 7.69. The minimum atomic E-state index is 0.230. The third kappa shape index (κ3) is 4.52. The van der Waals surface area contributed by atoms with Gasteiger partial charge in [0, 0.05) is 24.7 Å². The highest BCUT2D eigenvalue weighted by molar-refractivity contribution is 4.94. The predicted molar refractivity (Wildman–Crippen MR) is 78.1 cm³/mol. The maximum absolute atomic E-state index is 5.47. The molecule has 1 rings (SSSR count). The Morgan fingerprint density at radius 3 is 2.39 bits per heavy atom. The molecule has 0 amide bonds. The molecule has 0 saturated carbocycles. The Kier molecular flexibility index (Phi) is 7.20. The molecule has 0 radical (unpaired) electrons. The van der Waals surface area contributed by atoms with E-state index in [9.17, 15) is 0 Å². The first-order chi connectivity index (χ1) is 8.62. The average Bonchev–Trinajstić information content (AvgIpc) is 2.39. The van der Waals surface area contributed by atoms with E-state index < -0.39 is 0 Å². The molecule has 1 fully saturated rings. The molecule has 1 atom stereocenters. The summed E-state index contributed by atoms with van der Waals surface area (Å²) in [5.41, 5.74) is 0.230. The molecule has 0 aromatic heterocycles. The van der Waals surface area contributed by atoms with Crippen LogP contribution in [0.15, 0.2) is 0 Å². The molecule has 0 aromatic rings. The van der Waals surface area contributed by atoms with E-state index in [4.69, 9.17) is 4.74 Å². The fourth-order valence-corrected chi connectivity index (χ4v) is 2.79. The molecule has 1 heterocycles. The van der Waals surface area contributed by atoms with Crippen molar-refractivity contribution in [3.05, 3.63) is 0 Å². The van der Waals surface area contributed by atoms with Crippen molar-refractivity contribution in [2.75, 3.05) is 32.8 Å². The first kappa shape index (κ1) is 15.9. The van der Waals surface area contributed by atoms with Crippen molar-refractivity contribution >= 4 is 0 Å². The monoisotopic (exact) mass is 256 g/mol. The zero-order valence-electron chi connectivity index (χ0n) is 12.8. The number of rotatable bonds is 8. The standard InChI is InChI=1S/C15H32N2O/c1-5-7-8-14(16-9-6-2)15(3,4)17-10-12-18-13-11-17/h14,16H,5-13H2,1-4H3. The number of nitrogens with one attached hydrogen (secondary N) is 1. The lowest BCUT2D eigenvalue weighted by Crippen LogP contribution is -2.60. The fourth-order valence-electron chi connectivity index (χ4n) is 2.79. The molecule has 0 aromatic carbocycles. The largest absolute Gasteiger partial charge is 0.379 e. The van der Waals surface area contributed by atoms with Crippen LogP contribution in [0.4, 0.5) is 0 Å². The summed E-state index contributed by atoms with van der Waals surface area (Å²) < 4.78 is 5.47. The topological polar surface area (TPSA) is 24.5 Å². The molecular formula is C15H32N2O. The number of unbranched alkanes of at least 4 members (excludes halogenated alkanes) is 1. The molecule has 1 aliphatic heterocycles. The lowest BCUT2D eigenvalue weighted by molar-refractivity contribution is -0.0245. The maximum Gasteiger partial charge on any atom is 0.0594 e. The fraction of sp³-hybridized carbons (Fsp3) is 1.00. The summed E-state index contributed by atoms with van der Waals surface area (Å²) >= 11 is 0. The van der Waals surface area contributed by atoms with Gasteiger partial charge >= 0.3 is 0 Å². The van der Waals surface area contributed by atoms with Gasteiger partial charge in [-0.1, -0.05) is 26.7 Å². The van der Waals surface area contributed by atoms with Crippen molar-refractivity contribution in [1.29, 1.82) is 0 Å². The van der Waals surface area contributed by atoms with Crippen LogP contribution in [0.3, 0.4) is 0 Å². The van der Waals surface area contributed by atoms with Crippen LogP contribution in [-0.4, -0.2) is 49.3 Å². The van der Waals surface area contributed by atoms with Gasteiger partial charge in [0.2, 0.25) is 0 Å². The molecule has 3 heteroatoms. The Morgan fingerprint density at radius 1 is 1.17 bits per heavy atom. The van der Waals surface area contributed by atoms with E-state index in [1.807, 2.05) is 0 Å². The molecule has 0 bridgehead atoms. The summed E-state index contributed by atoms with van der Waals surface area (Å²) in [6.45, 7) is 14.3. The highest BCUT2D eigenvalue weighted by atomic mass is 16.5. The lowest BCUT2D eigenvalue weighted by Gasteiger charge is -2.46. The smallest absolute Gasteiger partial charge is 0.0594 e. The number of hydrogen-bond donors (Lipinski definition) is 1. The van der Waals surface area contributed by atoms with Crippen LogP contribution in [0.2, 0.25) is 0 Å². The summed E-state index contributed by atoms with van der Waals surface area (Å²) in [4.78, 5) is 2.60.